The van der Waals surface area contributed by atoms with Crippen molar-refractivity contribution in [3.63, 3.8) is 0 Å². The van der Waals surface area contributed by atoms with E-state index >= 15 is 0 Å². The van der Waals surface area contributed by atoms with Gasteiger partial charge in [-0.15, -0.1) is 0 Å². The Morgan fingerprint density at radius 2 is 1.79 bits per heavy atom. The summed E-state index contributed by atoms with van der Waals surface area (Å²) in [6.45, 7) is 2.01. The topological polar surface area (TPSA) is 107 Å². The average molecular weight is 396 g/mol. The maximum absolute atomic E-state index is 12.5. The van der Waals surface area contributed by atoms with Gasteiger partial charge in [0.15, 0.2) is 0 Å². The van der Waals surface area contributed by atoms with Crippen molar-refractivity contribution < 1.29 is 24.0 Å². The number of imide groups is 1. The summed E-state index contributed by atoms with van der Waals surface area (Å²) in [5.74, 6) is -0.968. The largest absolute Gasteiger partial charge is 0.426 e. The van der Waals surface area contributed by atoms with Gasteiger partial charge < -0.3 is 4.74 Å². The zero-order valence-corrected chi connectivity index (χ0v) is 15.9. The first-order chi connectivity index (χ1) is 13.9. The van der Waals surface area contributed by atoms with Crippen LogP contribution in [0, 0.1) is 17.0 Å². The summed E-state index contributed by atoms with van der Waals surface area (Å²) in [5, 5.41) is 11.1. The highest BCUT2D eigenvalue weighted by Crippen LogP contribution is 2.30. The molecule has 8 nitrogen and oxygen atoms in total. The number of nitro groups is 1. The molecule has 29 heavy (non-hydrogen) atoms. The molecule has 0 N–H and O–H groups in total. The lowest BCUT2D eigenvalue weighted by Gasteiger charge is -2.13. The number of carbonyl (C=O) groups is 3. The van der Waals surface area contributed by atoms with Crippen molar-refractivity contribution in [3.8, 4) is 5.75 Å². The standard InChI is InChI=1S/C21H20N2O6/c1-14-8-4-5-11-17(14)29-18(24)12-3-2-6-13-22-20(25)15-9-7-10-16(23(27)28)19(15)21(22)26/h4-5,7-11H,2-3,6,12-13H2,1H3. The van der Waals surface area contributed by atoms with E-state index in [1.54, 1.807) is 12.1 Å². The summed E-state index contributed by atoms with van der Waals surface area (Å²) >= 11 is 0. The Hall–Kier alpha value is -3.55. The van der Waals surface area contributed by atoms with Gasteiger partial charge in [0.2, 0.25) is 0 Å². The first-order valence-corrected chi connectivity index (χ1v) is 9.30. The molecule has 150 valence electrons. The van der Waals surface area contributed by atoms with Crippen molar-refractivity contribution in [1.82, 2.24) is 4.90 Å². The minimum absolute atomic E-state index is 0.0611. The molecular weight excluding hydrogens is 376 g/mol. The van der Waals surface area contributed by atoms with E-state index in [2.05, 4.69) is 0 Å². The summed E-state index contributed by atoms with van der Waals surface area (Å²) in [4.78, 5) is 48.3. The molecule has 8 heteroatoms. The number of amides is 2. The van der Waals surface area contributed by atoms with Gasteiger partial charge in [0, 0.05) is 19.0 Å². The first-order valence-electron chi connectivity index (χ1n) is 9.30. The summed E-state index contributed by atoms with van der Waals surface area (Å²) < 4.78 is 5.32. The number of fused-ring (bicyclic) bond motifs is 1. The van der Waals surface area contributed by atoms with Gasteiger partial charge in [0.1, 0.15) is 11.3 Å². The first kappa shape index (κ1) is 20.2. The van der Waals surface area contributed by atoms with E-state index < -0.39 is 16.7 Å². The van der Waals surface area contributed by atoms with E-state index in [1.165, 1.54) is 18.2 Å². The summed E-state index contributed by atoms with van der Waals surface area (Å²) in [7, 11) is 0. The molecule has 1 aliphatic rings. The maximum Gasteiger partial charge on any atom is 0.311 e. The molecule has 0 saturated heterocycles. The van der Waals surface area contributed by atoms with Crippen molar-refractivity contribution in [3.05, 3.63) is 69.3 Å². The molecule has 2 aromatic rings. The van der Waals surface area contributed by atoms with E-state index in [0.717, 1.165) is 10.5 Å². The molecule has 0 saturated carbocycles. The Morgan fingerprint density at radius 1 is 1.03 bits per heavy atom. The number of nitro benzene ring substituents is 1. The van der Waals surface area contributed by atoms with Crippen LogP contribution in [-0.2, 0) is 4.79 Å². The molecule has 0 radical (unpaired) electrons. The van der Waals surface area contributed by atoms with Gasteiger partial charge in [-0.05, 0) is 37.5 Å². The van der Waals surface area contributed by atoms with Crippen molar-refractivity contribution in [1.29, 1.82) is 0 Å². The smallest absolute Gasteiger partial charge is 0.311 e. The van der Waals surface area contributed by atoms with E-state index in [4.69, 9.17) is 4.74 Å². The lowest BCUT2D eigenvalue weighted by molar-refractivity contribution is -0.385. The molecule has 1 heterocycles. The average Bonchev–Trinajstić information content (AvgIpc) is 2.94. The normalized spacial score (nSPS) is 12.8. The summed E-state index contributed by atoms with van der Waals surface area (Å²) in [6, 6.07) is 11.3. The minimum atomic E-state index is -0.659. The summed E-state index contributed by atoms with van der Waals surface area (Å²) in [5.41, 5.74) is 0.429. The van der Waals surface area contributed by atoms with E-state index in [-0.39, 0.29) is 35.7 Å². The number of ether oxygens (including phenoxy) is 1. The molecule has 2 amide bonds. The maximum atomic E-state index is 12.5. The van der Waals surface area contributed by atoms with Crippen molar-refractivity contribution in [2.75, 3.05) is 6.54 Å². The molecule has 3 rings (SSSR count). The second-order valence-electron chi connectivity index (χ2n) is 6.77. The highest BCUT2D eigenvalue weighted by Gasteiger charge is 2.40. The molecule has 0 atom stereocenters. The van der Waals surface area contributed by atoms with E-state index in [9.17, 15) is 24.5 Å². The van der Waals surface area contributed by atoms with Crippen LogP contribution in [0.2, 0.25) is 0 Å². The van der Waals surface area contributed by atoms with Crippen LogP contribution < -0.4 is 4.74 Å². The van der Waals surface area contributed by atoms with E-state index in [0.29, 0.717) is 25.0 Å². The molecule has 0 spiro atoms. The third-order valence-corrected chi connectivity index (χ3v) is 4.75. The molecular formula is C21H20N2O6. The van der Waals surface area contributed by atoms with Crippen LogP contribution >= 0.6 is 0 Å². The van der Waals surface area contributed by atoms with E-state index in [1.807, 2.05) is 19.1 Å². The van der Waals surface area contributed by atoms with Gasteiger partial charge >= 0.3 is 5.97 Å². The predicted octanol–water partition coefficient (Wildman–Crippen LogP) is 3.67. The van der Waals surface area contributed by atoms with Gasteiger partial charge in [-0.1, -0.05) is 30.7 Å². The Kier molecular flexibility index (Phi) is 6.01. The summed E-state index contributed by atoms with van der Waals surface area (Å²) in [6.07, 6.45) is 1.88. The number of carbonyl (C=O) groups excluding carboxylic acids is 3. The van der Waals surface area contributed by atoms with Crippen molar-refractivity contribution in [2.45, 2.75) is 32.6 Å². The number of aryl methyl sites for hydroxylation is 1. The Balaban J connectivity index is 1.48. The Morgan fingerprint density at radius 3 is 2.52 bits per heavy atom. The molecule has 1 aliphatic heterocycles. The minimum Gasteiger partial charge on any atom is -0.426 e. The fourth-order valence-corrected chi connectivity index (χ4v) is 3.23. The van der Waals surface area contributed by atoms with Gasteiger partial charge in [-0.2, -0.15) is 0 Å². The van der Waals surface area contributed by atoms with Crippen molar-refractivity contribution in [2.24, 2.45) is 0 Å². The van der Waals surface area contributed by atoms with Gasteiger partial charge in [0.05, 0.1) is 10.5 Å². The number of para-hydroxylation sites is 1. The van der Waals surface area contributed by atoms with Crippen LogP contribution in [0.15, 0.2) is 42.5 Å². The van der Waals surface area contributed by atoms with Crippen LogP contribution in [0.25, 0.3) is 0 Å². The number of rotatable bonds is 8. The zero-order chi connectivity index (χ0) is 21.0. The monoisotopic (exact) mass is 396 g/mol. The fourth-order valence-electron chi connectivity index (χ4n) is 3.23. The molecule has 0 aliphatic carbocycles. The van der Waals surface area contributed by atoms with Gasteiger partial charge in [0.25, 0.3) is 17.5 Å². The van der Waals surface area contributed by atoms with Crippen molar-refractivity contribution >= 4 is 23.5 Å². The number of hydrogen-bond acceptors (Lipinski definition) is 6. The van der Waals surface area contributed by atoms with Crippen LogP contribution in [0.1, 0.15) is 52.0 Å². The number of nitrogens with zero attached hydrogens (tertiary/aromatic N) is 2. The lowest BCUT2D eigenvalue weighted by atomic mass is 10.1. The number of benzene rings is 2. The Bertz CT molecular complexity index is 985. The Labute approximate surface area is 167 Å². The molecule has 0 fully saturated rings. The highest BCUT2D eigenvalue weighted by atomic mass is 16.6. The van der Waals surface area contributed by atoms with Crippen LogP contribution in [0.4, 0.5) is 5.69 Å². The van der Waals surface area contributed by atoms with Gasteiger partial charge in [-0.3, -0.25) is 29.4 Å². The van der Waals surface area contributed by atoms with Gasteiger partial charge in [-0.25, -0.2) is 0 Å². The lowest BCUT2D eigenvalue weighted by Crippen LogP contribution is -2.30. The molecule has 0 bridgehead atoms. The van der Waals surface area contributed by atoms with Crippen LogP contribution in [0.3, 0.4) is 0 Å². The van der Waals surface area contributed by atoms with Crippen LogP contribution in [-0.4, -0.2) is 34.2 Å². The number of unbranched alkanes of at least 4 members (excludes halogenated alkanes) is 2. The third kappa shape index (κ3) is 4.31. The second kappa shape index (κ2) is 8.64. The molecule has 0 unspecified atom stereocenters. The number of esters is 1. The SMILES string of the molecule is Cc1ccccc1OC(=O)CCCCCN1C(=O)c2cccc([N+](=O)[O-])c2C1=O. The molecule has 0 aromatic heterocycles. The molecule has 2 aromatic carbocycles. The van der Waals surface area contributed by atoms with Crippen LogP contribution in [0.5, 0.6) is 5.75 Å². The third-order valence-electron chi connectivity index (χ3n) is 4.75. The quantitative estimate of drug-likeness (QED) is 0.168. The number of hydrogen-bond donors (Lipinski definition) is 0. The fraction of sp³-hybridized carbons (Fsp3) is 0.286. The second-order valence-corrected chi connectivity index (χ2v) is 6.77. The predicted molar refractivity (Wildman–Crippen MR) is 104 cm³/mol. The zero-order valence-electron chi connectivity index (χ0n) is 15.9. The highest BCUT2D eigenvalue weighted by molar-refractivity contribution is 6.23.